The lowest BCUT2D eigenvalue weighted by Gasteiger charge is -2.11. The van der Waals surface area contributed by atoms with Crippen LogP contribution in [0, 0.1) is 0 Å². The minimum atomic E-state index is 0.734. The van der Waals surface area contributed by atoms with Gasteiger partial charge in [-0.05, 0) is 36.6 Å². The number of methoxy groups -OCH3 is 1. The van der Waals surface area contributed by atoms with E-state index >= 15 is 0 Å². The smallest absolute Gasteiger partial charge is 0.122 e. The summed E-state index contributed by atoms with van der Waals surface area (Å²) in [6, 6.07) is 16.0. The second kappa shape index (κ2) is 7.54. The van der Waals surface area contributed by atoms with E-state index in [1.807, 2.05) is 42.7 Å². The standard InChI is InChI=1S/C20H21ClN2O/c1-3-18-20(16-8-6-9-17(21)13-16)22-14-23(18)12-11-15-7-4-5-10-19(15)24-2/h4-10,13-14H,3,11-12H2,1-2H3. The van der Waals surface area contributed by atoms with E-state index in [4.69, 9.17) is 16.3 Å². The Bertz CT molecular complexity index is 826. The number of hydrogen-bond donors (Lipinski definition) is 0. The average Bonchev–Trinajstić information content (AvgIpc) is 3.03. The van der Waals surface area contributed by atoms with Gasteiger partial charge in [-0.15, -0.1) is 0 Å². The molecule has 0 aliphatic rings. The van der Waals surface area contributed by atoms with Gasteiger partial charge in [0.15, 0.2) is 0 Å². The summed E-state index contributed by atoms with van der Waals surface area (Å²) in [6.07, 6.45) is 3.75. The van der Waals surface area contributed by atoms with E-state index in [-0.39, 0.29) is 0 Å². The van der Waals surface area contributed by atoms with Crippen molar-refractivity contribution in [3.63, 3.8) is 0 Å². The molecule has 0 saturated carbocycles. The quantitative estimate of drug-likeness (QED) is 0.630. The zero-order valence-corrected chi connectivity index (χ0v) is 14.8. The molecule has 3 aromatic rings. The number of rotatable bonds is 6. The van der Waals surface area contributed by atoms with Crippen molar-refractivity contribution in [2.45, 2.75) is 26.3 Å². The first kappa shape index (κ1) is 16.6. The van der Waals surface area contributed by atoms with Crippen molar-refractivity contribution in [1.82, 2.24) is 9.55 Å². The Morgan fingerprint density at radius 2 is 1.96 bits per heavy atom. The van der Waals surface area contributed by atoms with Gasteiger partial charge < -0.3 is 9.30 Å². The van der Waals surface area contributed by atoms with Crippen molar-refractivity contribution in [3.05, 3.63) is 71.1 Å². The minimum Gasteiger partial charge on any atom is -0.496 e. The van der Waals surface area contributed by atoms with Crippen LogP contribution in [0.3, 0.4) is 0 Å². The second-order valence-electron chi connectivity index (χ2n) is 5.66. The molecule has 1 heterocycles. The molecule has 0 bridgehead atoms. The highest BCUT2D eigenvalue weighted by atomic mass is 35.5. The normalized spacial score (nSPS) is 10.8. The Morgan fingerprint density at radius 1 is 1.12 bits per heavy atom. The molecule has 0 amide bonds. The third-order valence-corrected chi connectivity index (χ3v) is 4.43. The van der Waals surface area contributed by atoms with E-state index in [1.165, 1.54) is 11.3 Å². The summed E-state index contributed by atoms with van der Waals surface area (Å²) in [6.45, 7) is 3.03. The summed E-state index contributed by atoms with van der Waals surface area (Å²) in [5.74, 6) is 0.936. The number of para-hydroxylation sites is 1. The van der Waals surface area contributed by atoms with Gasteiger partial charge in [-0.2, -0.15) is 0 Å². The molecule has 3 rings (SSSR count). The van der Waals surface area contributed by atoms with E-state index in [0.29, 0.717) is 0 Å². The number of aryl methyl sites for hydroxylation is 2. The van der Waals surface area contributed by atoms with Gasteiger partial charge in [0.2, 0.25) is 0 Å². The zero-order chi connectivity index (χ0) is 16.9. The van der Waals surface area contributed by atoms with Gasteiger partial charge >= 0.3 is 0 Å². The summed E-state index contributed by atoms with van der Waals surface area (Å²) in [5, 5.41) is 0.734. The summed E-state index contributed by atoms with van der Waals surface area (Å²) in [4.78, 5) is 4.63. The Kier molecular flexibility index (Phi) is 5.21. The maximum atomic E-state index is 6.12. The van der Waals surface area contributed by atoms with Crippen LogP contribution in [0.2, 0.25) is 5.02 Å². The van der Waals surface area contributed by atoms with Crippen LogP contribution >= 0.6 is 11.6 Å². The molecule has 0 N–H and O–H groups in total. The first-order chi connectivity index (χ1) is 11.7. The molecule has 0 unspecified atom stereocenters. The first-order valence-electron chi connectivity index (χ1n) is 8.14. The van der Waals surface area contributed by atoms with Crippen LogP contribution in [0.15, 0.2) is 54.9 Å². The van der Waals surface area contributed by atoms with Crippen molar-refractivity contribution < 1.29 is 4.74 Å². The fourth-order valence-electron chi connectivity index (χ4n) is 3.00. The van der Waals surface area contributed by atoms with Crippen molar-refractivity contribution in [2.75, 3.05) is 7.11 Å². The Morgan fingerprint density at radius 3 is 2.71 bits per heavy atom. The van der Waals surface area contributed by atoms with Gasteiger partial charge in [-0.3, -0.25) is 0 Å². The van der Waals surface area contributed by atoms with E-state index in [9.17, 15) is 0 Å². The Balaban J connectivity index is 1.85. The highest BCUT2D eigenvalue weighted by Crippen LogP contribution is 2.26. The lowest BCUT2D eigenvalue weighted by atomic mass is 10.1. The lowest BCUT2D eigenvalue weighted by Crippen LogP contribution is -2.05. The largest absolute Gasteiger partial charge is 0.496 e. The predicted octanol–water partition coefficient (Wildman–Crippen LogP) is 5.02. The highest BCUT2D eigenvalue weighted by Gasteiger charge is 2.12. The molecule has 0 aliphatic heterocycles. The van der Waals surface area contributed by atoms with E-state index in [2.05, 4.69) is 28.6 Å². The van der Waals surface area contributed by atoms with Gasteiger partial charge in [0.1, 0.15) is 5.75 Å². The molecule has 0 atom stereocenters. The van der Waals surface area contributed by atoms with Gasteiger partial charge in [0, 0.05) is 22.8 Å². The average molecular weight is 341 g/mol. The van der Waals surface area contributed by atoms with Crippen molar-refractivity contribution in [3.8, 4) is 17.0 Å². The topological polar surface area (TPSA) is 27.1 Å². The lowest BCUT2D eigenvalue weighted by molar-refractivity contribution is 0.408. The van der Waals surface area contributed by atoms with Crippen LogP contribution < -0.4 is 4.74 Å². The van der Waals surface area contributed by atoms with Gasteiger partial charge in [0.05, 0.1) is 19.1 Å². The maximum absolute atomic E-state index is 6.12. The molecular formula is C20H21ClN2O. The monoisotopic (exact) mass is 340 g/mol. The number of benzene rings is 2. The van der Waals surface area contributed by atoms with Gasteiger partial charge in [-0.25, -0.2) is 4.98 Å². The molecule has 0 radical (unpaired) electrons. The van der Waals surface area contributed by atoms with Crippen LogP contribution in [-0.2, 0) is 19.4 Å². The fourth-order valence-corrected chi connectivity index (χ4v) is 3.19. The van der Waals surface area contributed by atoms with Crippen LogP contribution in [-0.4, -0.2) is 16.7 Å². The van der Waals surface area contributed by atoms with E-state index in [0.717, 1.165) is 41.4 Å². The zero-order valence-electron chi connectivity index (χ0n) is 14.0. The molecule has 4 heteroatoms. The third kappa shape index (κ3) is 3.46. The van der Waals surface area contributed by atoms with Gasteiger partial charge in [-0.1, -0.05) is 48.9 Å². The molecule has 3 nitrogen and oxygen atoms in total. The SMILES string of the molecule is CCc1c(-c2cccc(Cl)c2)ncn1CCc1ccccc1OC. The van der Waals surface area contributed by atoms with Crippen LogP contribution in [0.4, 0.5) is 0 Å². The number of halogens is 1. The van der Waals surface area contributed by atoms with E-state index < -0.39 is 0 Å². The molecule has 0 fully saturated rings. The number of hydrogen-bond acceptors (Lipinski definition) is 2. The van der Waals surface area contributed by atoms with Crippen LogP contribution in [0.1, 0.15) is 18.2 Å². The van der Waals surface area contributed by atoms with Crippen LogP contribution in [0.5, 0.6) is 5.75 Å². The summed E-state index contributed by atoms with van der Waals surface area (Å²) in [5.41, 5.74) is 4.52. The number of nitrogens with zero attached hydrogens (tertiary/aromatic N) is 2. The number of ether oxygens (including phenoxy) is 1. The maximum Gasteiger partial charge on any atom is 0.122 e. The number of aromatic nitrogens is 2. The Hall–Kier alpha value is -2.26. The molecule has 2 aromatic carbocycles. The number of imidazole rings is 1. The van der Waals surface area contributed by atoms with Crippen molar-refractivity contribution in [1.29, 1.82) is 0 Å². The highest BCUT2D eigenvalue weighted by molar-refractivity contribution is 6.30. The molecule has 124 valence electrons. The molecular weight excluding hydrogens is 320 g/mol. The van der Waals surface area contributed by atoms with Crippen molar-refractivity contribution in [2.24, 2.45) is 0 Å². The summed E-state index contributed by atoms with van der Waals surface area (Å²) >= 11 is 6.12. The summed E-state index contributed by atoms with van der Waals surface area (Å²) in [7, 11) is 1.71. The molecule has 0 saturated heterocycles. The van der Waals surface area contributed by atoms with Gasteiger partial charge in [0.25, 0.3) is 0 Å². The molecule has 24 heavy (non-hydrogen) atoms. The fraction of sp³-hybridized carbons (Fsp3) is 0.250. The molecule has 0 spiro atoms. The predicted molar refractivity (Wildman–Crippen MR) is 98.7 cm³/mol. The van der Waals surface area contributed by atoms with Crippen molar-refractivity contribution >= 4 is 11.6 Å². The van der Waals surface area contributed by atoms with Crippen LogP contribution in [0.25, 0.3) is 11.3 Å². The first-order valence-corrected chi connectivity index (χ1v) is 8.52. The third-order valence-electron chi connectivity index (χ3n) is 4.19. The van der Waals surface area contributed by atoms with E-state index in [1.54, 1.807) is 7.11 Å². The Labute approximate surface area is 147 Å². The molecule has 1 aromatic heterocycles. The minimum absolute atomic E-state index is 0.734. The summed E-state index contributed by atoms with van der Waals surface area (Å²) < 4.78 is 7.66. The second-order valence-corrected chi connectivity index (χ2v) is 6.10. The molecule has 0 aliphatic carbocycles.